The largest absolute Gasteiger partial charge is 0.397 e. The van der Waals surface area contributed by atoms with Crippen molar-refractivity contribution in [3.05, 3.63) is 23.2 Å². The van der Waals surface area contributed by atoms with Gasteiger partial charge < -0.3 is 11.1 Å². The van der Waals surface area contributed by atoms with Crippen LogP contribution in [0.2, 0.25) is 5.02 Å². The maximum absolute atomic E-state index is 5.96. The van der Waals surface area contributed by atoms with E-state index >= 15 is 0 Å². The molecule has 0 radical (unpaired) electrons. The molecule has 3 heteroatoms. The first-order valence-electron chi connectivity index (χ1n) is 4.08. The molecule has 0 atom stereocenters. The van der Waals surface area contributed by atoms with Gasteiger partial charge in [0.2, 0.25) is 0 Å². The number of anilines is 2. The molecule has 12 heavy (non-hydrogen) atoms. The normalized spacial score (nSPS) is 16.1. The zero-order valence-electron chi connectivity index (χ0n) is 6.68. The Balaban J connectivity index is 2.26. The summed E-state index contributed by atoms with van der Waals surface area (Å²) < 4.78 is 0. The highest BCUT2D eigenvalue weighted by molar-refractivity contribution is 6.33. The zero-order chi connectivity index (χ0) is 8.55. The van der Waals surface area contributed by atoms with E-state index in [0.29, 0.717) is 11.1 Å². The number of hydrogen-bond donors (Lipinski definition) is 2. The number of para-hydroxylation sites is 1. The summed E-state index contributed by atoms with van der Waals surface area (Å²) in [4.78, 5) is 0. The Hall–Kier alpha value is -0.890. The molecular formula is C9H11ClN2. The average Bonchev–Trinajstić information content (AvgIpc) is 2.80. The van der Waals surface area contributed by atoms with Crippen LogP contribution in [0.3, 0.4) is 0 Å². The lowest BCUT2D eigenvalue weighted by Crippen LogP contribution is -2.04. The molecule has 2 nitrogen and oxygen atoms in total. The van der Waals surface area contributed by atoms with E-state index in [2.05, 4.69) is 5.32 Å². The summed E-state index contributed by atoms with van der Waals surface area (Å²) >= 11 is 5.96. The third-order valence-electron chi connectivity index (χ3n) is 1.97. The maximum atomic E-state index is 5.96. The molecule has 0 saturated heterocycles. The van der Waals surface area contributed by atoms with Gasteiger partial charge in [0.05, 0.1) is 16.4 Å². The minimum absolute atomic E-state index is 0.590. The van der Waals surface area contributed by atoms with Crippen molar-refractivity contribution in [3.63, 3.8) is 0 Å². The van der Waals surface area contributed by atoms with Gasteiger partial charge in [-0.2, -0.15) is 0 Å². The first-order valence-corrected chi connectivity index (χ1v) is 4.45. The number of benzene rings is 1. The SMILES string of the molecule is Nc1cccc(Cl)c1NC1CC1. The Labute approximate surface area is 76.7 Å². The van der Waals surface area contributed by atoms with Crippen LogP contribution in [0, 0.1) is 0 Å². The third-order valence-corrected chi connectivity index (χ3v) is 2.29. The second kappa shape index (κ2) is 2.87. The van der Waals surface area contributed by atoms with Crippen LogP contribution in [-0.2, 0) is 0 Å². The number of halogens is 1. The van der Waals surface area contributed by atoms with Crippen LogP contribution in [0.25, 0.3) is 0 Å². The van der Waals surface area contributed by atoms with Crippen LogP contribution >= 0.6 is 11.6 Å². The monoisotopic (exact) mass is 182 g/mol. The Morgan fingerprint density at radius 3 is 2.75 bits per heavy atom. The van der Waals surface area contributed by atoms with Crippen LogP contribution in [0.1, 0.15) is 12.8 Å². The quantitative estimate of drug-likeness (QED) is 0.690. The molecule has 3 N–H and O–H groups in total. The summed E-state index contributed by atoms with van der Waals surface area (Å²) in [7, 11) is 0. The average molecular weight is 183 g/mol. The van der Waals surface area contributed by atoms with Crippen molar-refractivity contribution >= 4 is 23.0 Å². The fourth-order valence-electron chi connectivity index (χ4n) is 1.12. The predicted molar refractivity (Wildman–Crippen MR) is 52.5 cm³/mol. The molecule has 0 amide bonds. The van der Waals surface area contributed by atoms with Gasteiger partial charge in [0, 0.05) is 6.04 Å². The van der Waals surface area contributed by atoms with Crippen molar-refractivity contribution in [1.82, 2.24) is 0 Å². The van der Waals surface area contributed by atoms with Gasteiger partial charge in [0.15, 0.2) is 0 Å². The van der Waals surface area contributed by atoms with Gasteiger partial charge in [-0.05, 0) is 25.0 Å². The molecule has 1 aliphatic carbocycles. The van der Waals surface area contributed by atoms with Crippen molar-refractivity contribution in [3.8, 4) is 0 Å². The number of nitrogens with two attached hydrogens (primary N) is 1. The molecular weight excluding hydrogens is 172 g/mol. The standard InChI is InChI=1S/C9H11ClN2/c10-7-2-1-3-8(11)9(7)12-6-4-5-6/h1-3,6,12H,4-5,11H2. The topological polar surface area (TPSA) is 38.0 Å². The highest BCUT2D eigenvalue weighted by Crippen LogP contribution is 2.33. The lowest BCUT2D eigenvalue weighted by Gasteiger charge is -2.09. The lowest BCUT2D eigenvalue weighted by molar-refractivity contribution is 1.16. The molecule has 2 rings (SSSR count). The summed E-state index contributed by atoms with van der Waals surface area (Å²) in [6, 6.07) is 6.15. The Bertz CT molecular complexity index is 274. The molecule has 1 aliphatic rings. The van der Waals surface area contributed by atoms with Crippen molar-refractivity contribution < 1.29 is 0 Å². The minimum Gasteiger partial charge on any atom is -0.397 e. The van der Waals surface area contributed by atoms with E-state index in [4.69, 9.17) is 17.3 Å². The summed E-state index contributed by atoms with van der Waals surface area (Å²) in [6.45, 7) is 0. The van der Waals surface area contributed by atoms with Gasteiger partial charge in [0.1, 0.15) is 0 Å². The Morgan fingerprint density at radius 1 is 1.42 bits per heavy atom. The summed E-state index contributed by atoms with van der Waals surface area (Å²) in [5.41, 5.74) is 7.37. The molecule has 0 spiro atoms. The molecule has 0 aromatic heterocycles. The van der Waals surface area contributed by atoms with Crippen LogP contribution in [0.4, 0.5) is 11.4 Å². The van der Waals surface area contributed by atoms with Gasteiger partial charge in [-0.25, -0.2) is 0 Å². The molecule has 1 fully saturated rings. The van der Waals surface area contributed by atoms with E-state index in [0.717, 1.165) is 11.4 Å². The maximum Gasteiger partial charge on any atom is 0.0765 e. The van der Waals surface area contributed by atoms with E-state index in [9.17, 15) is 0 Å². The van der Waals surface area contributed by atoms with E-state index < -0.39 is 0 Å². The van der Waals surface area contributed by atoms with Crippen molar-refractivity contribution in [1.29, 1.82) is 0 Å². The van der Waals surface area contributed by atoms with Gasteiger partial charge in [-0.1, -0.05) is 17.7 Å². The third kappa shape index (κ3) is 1.48. The van der Waals surface area contributed by atoms with Gasteiger partial charge in [-0.3, -0.25) is 0 Å². The first-order chi connectivity index (χ1) is 5.77. The van der Waals surface area contributed by atoms with E-state index in [1.807, 2.05) is 18.2 Å². The van der Waals surface area contributed by atoms with Crippen molar-refractivity contribution in [2.45, 2.75) is 18.9 Å². The molecule has 1 saturated carbocycles. The first kappa shape index (κ1) is 7.74. The number of nitrogen functional groups attached to an aromatic ring is 1. The van der Waals surface area contributed by atoms with Crippen LogP contribution in [0.5, 0.6) is 0 Å². The smallest absolute Gasteiger partial charge is 0.0765 e. The van der Waals surface area contributed by atoms with Crippen molar-refractivity contribution in [2.24, 2.45) is 0 Å². The highest BCUT2D eigenvalue weighted by atomic mass is 35.5. The van der Waals surface area contributed by atoms with Gasteiger partial charge in [-0.15, -0.1) is 0 Å². The van der Waals surface area contributed by atoms with Gasteiger partial charge in [0.25, 0.3) is 0 Å². The van der Waals surface area contributed by atoms with Crippen LogP contribution in [-0.4, -0.2) is 6.04 Å². The van der Waals surface area contributed by atoms with Gasteiger partial charge >= 0.3 is 0 Å². The van der Waals surface area contributed by atoms with E-state index in [1.165, 1.54) is 12.8 Å². The molecule has 1 aromatic rings. The number of nitrogens with one attached hydrogen (secondary N) is 1. The van der Waals surface area contributed by atoms with Crippen molar-refractivity contribution in [2.75, 3.05) is 11.1 Å². The molecule has 1 aromatic carbocycles. The summed E-state index contributed by atoms with van der Waals surface area (Å²) in [5.74, 6) is 0. The minimum atomic E-state index is 0.590. The van der Waals surface area contributed by atoms with E-state index in [-0.39, 0.29) is 0 Å². The number of rotatable bonds is 2. The zero-order valence-corrected chi connectivity index (χ0v) is 7.43. The van der Waals surface area contributed by atoms with E-state index in [1.54, 1.807) is 0 Å². The number of hydrogen-bond acceptors (Lipinski definition) is 2. The fourth-order valence-corrected chi connectivity index (χ4v) is 1.36. The second-order valence-electron chi connectivity index (χ2n) is 3.12. The highest BCUT2D eigenvalue weighted by Gasteiger charge is 2.22. The fraction of sp³-hybridized carbons (Fsp3) is 0.333. The summed E-state index contributed by atoms with van der Waals surface area (Å²) in [6.07, 6.45) is 2.45. The lowest BCUT2D eigenvalue weighted by atomic mass is 10.2. The molecule has 0 aliphatic heterocycles. The Morgan fingerprint density at radius 2 is 2.17 bits per heavy atom. The second-order valence-corrected chi connectivity index (χ2v) is 3.53. The predicted octanol–water partition coefficient (Wildman–Crippen LogP) is 2.50. The molecule has 0 heterocycles. The summed E-state index contributed by atoms with van der Waals surface area (Å²) in [5, 5.41) is 4.01. The molecule has 0 unspecified atom stereocenters. The molecule has 64 valence electrons. The van der Waals surface area contributed by atoms with Crippen LogP contribution < -0.4 is 11.1 Å². The van der Waals surface area contributed by atoms with Crippen LogP contribution in [0.15, 0.2) is 18.2 Å². The molecule has 0 bridgehead atoms. The Kier molecular flexibility index (Phi) is 1.85.